The van der Waals surface area contributed by atoms with Crippen LogP contribution in [0.3, 0.4) is 0 Å². The predicted molar refractivity (Wildman–Crippen MR) is 487 cm³/mol. The molecule has 0 aliphatic carbocycles. The van der Waals surface area contributed by atoms with E-state index in [4.69, 9.17) is 61.3 Å². The van der Waals surface area contributed by atoms with Crippen LogP contribution in [0.5, 0.6) is 92.0 Å². The van der Waals surface area contributed by atoms with Crippen molar-refractivity contribution in [3.63, 3.8) is 0 Å². The third kappa shape index (κ3) is 35.5. The summed E-state index contributed by atoms with van der Waals surface area (Å²) in [5, 5.41) is 147. The molecule has 24 nitrogen and oxygen atoms in total. The fraction of sp³-hybridized carbons (Fsp3) is 0.250. The van der Waals surface area contributed by atoms with Crippen molar-refractivity contribution in [2.75, 3.05) is 0 Å². The van der Waals surface area contributed by atoms with Gasteiger partial charge >= 0.3 is 12.4 Å². The minimum Gasteiger partial charge on any atom is -0.508 e. The van der Waals surface area contributed by atoms with Crippen LogP contribution in [0.15, 0.2) is 282 Å². The number of halogens is 6. The van der Waals surface area contributed by atoms with Gasteiger partial charge in [-0.15, -0.1) is 0 Å². The molecule has 0 aliphatic heterocycles. The van der Waals surface area contributed by atoms with Gasteiger partial charge in [-0.1, -0.05) is 146 Å². The maximum absolute atomic E-state index is 12.4. The van der Waals surface area contributed by atoms with Crippen LogP contribution in [-0.4, -0.2) is 115 Å². The molecule has 130 heavy (non-hydrogen) atoms. The lowest BCUT2D eigenvalue weighted by Gasteiger charge is -2.12. The fourth-order valence-electron chi connectivity index (χ4n) is 10.4. The molecule has 0 fully saturated rings. The largest absolute Gasteiger partial charge is 0.508 e. The van der Waals surface area contributed by atoms with Gasteiger partial charge in [0, 0.05) is 24.3 Å². The van der Waals surface area contributed by atoms with E-state index < -0.39 is 105 Å². The number of aryl methyl sites for hydroxylation is 2. The normalized spacial score (nSPS) is 10.9. The highest BCUT2D eigenvalue weighted by Crippen LogP contribution is 2.41. The van der Waals surface area contributed by atoms with Gasteiger partial charge in [-0.2, -0.15) is 26.3 Å². The molecule has 0 aliphatic rings. The number of aromatic hydroxyl groups is 16. The van der Waals surface area contributed by atoms with Gasteiger partial charge in [0.05, 0.1) is 30.7 Å². The number of alkyl halides is 6. The maximum atomic E-state index is 12.4. The van der Waals surface area contributed by atoms with Crippen LogP contribution in [0.25, 0.3) is 0 Å². The number of benzene rings is 12. The molecule has 0 spiro atoms. The molecule has 0 amide bonds. The van der Waals surface area contributed by atoms with Crippen LogP contribution < -0.4 is 0 Å². The summed E-state index contributed by atoms with van der Waals surface area (Å²) in [4.78, 5) is -1.42. The summed E-state index contributed by atoms with van der Waals surface area (Å²) < 4.78 is 172. The van der Waals surface area contributed by atoms with E-state index in [9.17, 15) is 80.4 Å². The van der Waals surface area contributed by atoms with Crippen molar-refractivity contribution in [3.8, 4) is 92.0 Å². The molecule has 0 saturated heterocycles. The molecule has 34 heteroatoms. The van der Waals surface area contributed by atoms with Gasteiger partial charge in [0.15, 0.2) is 23.0 Å². The summed E-state index contributed by atoms with van der Waals surface area (Å²) in [5.74, 6) is -2.85. The SMILES string of the molecule is CC.CC.CC.CC.CC(C)c1ccc(O)c(O)c1.CC(C)c1ccc(O)c(O)c1.Cc1cc(C(C)C)cc(C(F)(F)F)c1.Cc1cc(C(C)C)cc(C(F)(F)F)c1.O=S(=O)(c1ccc(O)cc1)c1ccc(O)cc1.O=S(=O)(c1ccc(O)cc1)c1ccc(O)cc1.O=S(=O)(c1ccc(O)cc1O)c1ccc(O)cc1O.O=S(=O)(c1ccc(O)cc1O)c1ccc(O)cc1O. The van der Waals surface area contributed by atoms with E-state index in [0.29, 0.717) is 23.0 Å². The summed E-state index contributed by atoms with van der Waals surface area (Å²) in [6.07, 6.45) is -8.48. The first-order valence-electron chi connectivity index (χ1n) is 40.1. The number of phenolic OH excluding ortho intramolecular Hbond substituents is 16. The summed E-state index contributed by atoms with van der Waals surface area (Å²) in [7, 11) is -15.5. The first-order chi connectivity index (χ1) is 60.5. The Morgan fingerprint density at radius 1 is 0.208 bits per heavy atom. The molecular formula is C96H114F6O24S4. The Kier molecular flexibility index (Phi) is 46.2. The molecule has 0 bridgehead atoms. The van der Waals surface area contributed by atoms with Gasteiger partial charge in [0.1, 0.15) is 88.6 Å². The molecular weight excluding hydrogens is 1780 g/mol. The van der Waals surface area contributed by atoms with Gasteiger partial charge in [-0.3, -0.25) is 0 Å². The zero-order valence-corrected chi connectivity index (χ0v) is 78.0. The van der Waals surface area contributed by atoms with Crippen molar-refractivity contribution in [2.24, 2.45) is 0 Å². The number of rotatable bonds is 12. The Bertz CT molecular complexity index is 5450. The van der Waals surface area contributed by atoms with Crippen molar-refractivity contribution in [1.82, 2.24) is 0 Å². The summed E-state index contributed by atoms with van der Waals surface area (Å²) in [6, 6.07) is 51.3. The lowest BCUT2D eigenvalue weighted by molar-refractivity contribution is -0.138. The molecule has 0 aromatic heterocycles. The molecule has 0 atom stereocenters. The zero-order chi connectivity index (χ0) is 100. The van der Waals surface area contributed by atoms with E-state index in [2.05, 4.69) is 0 Å². The van der Waals surface area contributed by atoms with E-state index in [1.165, 1.54) is 133 Å². The average Bonchev–Trinajstić information content (AvgIpc) is 0.787. The molecule has 0 heterocycles. The van der Waals surface area contributed by atoms with Crippen LogP contribution in [0, 0.1) is 13.8 Å². The summed E-state index contributed by atoms with van der Waals surface area (Å²) in [6.45, 7) is 35.0. The third-order valence-corrected chi connectivity index (χ3v) is 24.3. The Labute approximate surface area is 755 Å². The monoisotopic (exact) mass is 1890 g/mol. The van der Waals surface area contributed by atoms with E-state index in [0.717, 1.165) is 95.1 Å². The Balaban J connectivity index is 0.000000739. The highest BCUT2D eigenvalue weighted by atomic mass is 32.2. The molecule has 12 aromatic carbocycles. The summed E-state index contributed by atoms with van der Waals surface area (Å²) in [5.41, 5.74) is 3.73. The number of phenols is 16. The van der Waals surface area contributed by atoms with Gasteiger partial charge in [0.2, 0.25) is 39.3 Å². The molecule has 12 aromatic rings. The van der Waals surface area contributed by atoms with E-state index >= 15 is 0 Å². The molecule has 12 rings (SSSR count). The van der Waals surface area contributed by atoms with E-state index in [-0.39, 0.29) is 100 Å². The Hall–Kier alpha value is -13.2. The Morgan fingerprint density at radius 3 is 0.569 bits per heavy atom. The molecule has 0 radical (unpaired) electrons. The van der Waals surface area contributed by atoms with Crippen LogP contribution >= 0.6 is 0 Å². The van der Waals surface area contributed by atoms with Gasteiger partial charge in [-0.05, 0) is 254 Å². The van der Waals surface area contributed by atoms with Crippen molar-refractivity contribution in [2.45, 2.75) is 200 Å². The van der Waals surface area contributed by atoms with E-state index in [1.807, 2.05) is 111 Å². The lowest BCUT2D eigenvalue weighted by atomic mass is 9.98. The van der Waals surface area contributed by atoms with Crippen molar-refractivity contribution in [3.05, 3.63) is 287 Å². The average molecular weight is 1890 g/mol. The number of hydrogen-bond donors (Lipinski definition) is 16. The second-order valence-electron chi connectivity index (χ2n) is 28.0. The maximum Gasteiger partial charge on any atom is 0.416 e. The minimum absolute atomic E-state index is 0.00894. The van der Waals surface area contributed by atoms with Gasteiger partial charge < -0.3 is 81.7 Å². The Morgan fingerprint density at radius 2 is 0.400 bits per heavy atom. The van der Waals surface area contributed by atoms with Crippen LogP contribution in [-0.2, 0) is 51.7 Å². The first-order valence-corrected chi connectivity index (χ1v) is 46.1. The van der Waals surface area contributed by atoms with Crippen LogP contribution in [0.4, 0.5) is 26.3 Å². The highest BCUT2D eigenvalue weighted by molar-refractivity contribution is 7.92. The fourth-order valence-corrected chi connectivity index (χ4v) is 15.7. The van der Waals surface area contributed by atoms with Crippen LogP contribution in [0.1, 0.15) is 179 Å². The quantitative estimate of drug-likeness (QED) is 0.0399. The third-order valence-electron chi connectivity index (χ3n) is 17.0. The molecule has 708 valence electrons. The van der Waals surface area contributed by atoms with E-state index in [1.54, 1.807) is 50.2 Å². The minimum atomic E-state index is -4.24. The van der Waals surface area contributed by atoms with Gasteiger partial charge in [-0.25, -0.2) is 33.7 Å². The van der Waals surface area contributed by atoms with Crippen molar-refractivity contribution < 1.29 is 142 Å². The smallest absolute Gasteiger partial charge is 0.416 e. The highest BCUT2D eigenvalue weighted by Gasteiger charge is 2.33. The van der Waals surface area contributed by atoms with Crippen molar-refractivity contribution in [1.29, 1.82) is 0 Å². The second-order valence-corrected chi connectivity index (χ2v) is 35.6. The topological polar surface area (TPSA) is 460 Å². The lowest BCUT2D eigenvalue weighted by Crippen LogP contribution is -2.06. The standard InChI is InChI=1S/2C12H10O6S.2C12H10O4S.2C11H13F3.2C9H12O2.4C2H6/c2*13-7-1-3-11(9(15)5-7)19(17,18)12-4-2-8(14)6-10(12)16;2*13-9-1-5-11(6-2-9)17(15,16)12-7-3-10(14)4-8-12;2*1-7(2)9-4-8(3)5-10(6-9)11(12,13)14;2*1-6(2)7-3-4-8(10)9(11)5-7;4*1-2/h2*1-6,13-16H;2*1-8,13-14H;2*4-7H,1-3H3;2*3-6,10-11H,1-2H3;4*1-2H3. The van der Waals surface area contributed by atoms with Crippen LogP contribution in [0.2, 0.25) is 0 Å². The number of sulfone groups is 4. The molecule has 0 unspecified atom stereocenters. The van der Waals surface area contributed by atoms with Crippen molar-refractivity contribution >= 4 is 39.3 Å². The second kappa shape index (κ2) is 52.3. The first kappa shape index (κ1) is 115. The summed E-state index contributed by atoms with van der Waals surface area (Å²) >= 11 is 0. The number of hydrogen-bond acceptors (Lipinski definition) is 24. The van der Waals surface area contributed by atoms with Gasteiger partial charge in [0.25, 0.3) is 0 Å². The predicted octanol–water partition coefficient (Wildman–Crippen LogP) is 23.4. The molecule has 0 saturated carbocycles. The zero-order valence-electron chi connectivity index (χ0n) is 74.7. The molecule has 16 N–H and O–H groups in total.